The molecule has 0 bridgehead atoms. The van der Waals surface area contributed by atoms with Gasteiger partial charge in [0, 0.05) is 38.3 Å². The van der Waals surface area contributed by atoms with Gasteiger partial charge in [-0.3, -0.25) is 14.6 Å². The molecule has 7 nitrogen and oxygen atoms in total. The molecule has 0 radical (unpaired) electrons. The van der Waals surface area contributed by atoms with Crippen molar-refractivity contribution in [2.75, 3.05) is 39.3 Å². The molecule has 26 heavy (non-hydrogen) atoms. The zero-order chi connectivity index (χ0) is 18.4. The minimum atomic E-state index is 0.0398. The summed E-state index contributed by atoms with van der Waals surface area (Å²) in [6.07, 6.45) is 1.69. The molecule has 1 saturated heterocycles. The van der Waals surface area contributed by atoms with Gasteiger partial charge in [-0.1, -0.05) is 23.8 Å². The van der Waals surface area contributed by atoms with E-state index in [9.17, 15) is 4.79 Å². The second-order valence-corrected chi connectivity index (χ2v) is 6.51. The van der Waals surface area contributed by atoms with Gasteiger partial charge in [0.2, 0.25) is 17.7 Å². The Bertz CT molecular complexity index is 733. The number of rotatable bonds is 7. The Morgan fingerprint density at radius 2 is 1.88 bits per heavy atom. The van der Waals surface area contributed by atoms with E-state index >= 15 is 0 Å². The van der Waals surface area contributed by atoms with Gasteiger partial charge in [0.05, 0.1) is 13.1 Å². The first-order valence-corrected chi connectivity index (χ1v) is 8.86. The molecule has 1 aromatic carbocycles. The number of nitrogens with one attached hydrogen (secondary N) is 1. The SMILES string of the molecule is C=CCNC(=O)CN1CCN(Cc2nnc(-c3ccc(C)cc3)o2)CC1. The molecule has 0 spiro atoms. The van der Waals surface area contributed by atoms with Gasteiger partial charge in [0.1, 0.15) is 0 Å². The lowest BCUT2D eigenvalue weighted by Crippen LogP contribution is -2.49. The van der Waals surface area contributed by atoms with Crippen LogP contribution in [0.1, 0.15) is 11.5 Å². The zero-order valence-corrected chi connectivity index (χ0v) is 15.1. The predicted molar refractivity (Wildman–Crippen MR) is 99.4 cm³/mol. The van der Waals surface area contributed by atoms with Gasteiger partial charge in [0.25, 0.3) is 0 Å². The fourth-order valence-electron chi connectivity index (χ4n) is 2.87. The fraction of sp³-hybridized carbons (Fsp3) is 0.421. The highest BCUT2D eigenvalue weighted by Crippen LogP contribution is 2.19. The van der Waals surface area contributed by atoms with E-state index in [1.165, 1.54) is 5.56 Å². The first kappa shape index (κ1) is 18.3. The number of benzene rings is 1. The smallest absolute Gasteiger partial charge is 0.247 e. The molecule has 0 atom stereocenters. The van der Waals surface area contributed by atoms with E-state index in [4.69, 9.17) is 4.42 Å². The number of hydrogen-bond acceptors (Lipinski definition) is 6. The Balaban J connectivity index is 1.47. The molecule has 1 fully saturated rings. The van der Waals surface area contributed by atoms with E-state index in [2.05, 4.69) is 31.9 Å². The van der Waals surface area contributed by atoms with Crippen molar-refractivity contribution >= 4 is 5.91 Å². The molecular formula is C19H25N5O2. The van der Waals surface area contributed by atoms with Crippen LogP contribution in [0.4, 0.5) is 0 Å². The lowest BCUT2D eigenvalue weighted by molar-refractivity contribution is -0.122. The third-order valence-electron chi connectivity index (χ3n) is 4.40. The topological polar surface area (TPSA) is 74.5 Å². The van der Waals surface area contributed by atoms with Crippen LogP contribution in [0.25, 0.3) is 11.5 Å². The second-order valence-electron chi connectivity index (χ2n) is 6.51. The average molecular weight is 355 g/mol. The van der Waals surface area contributed by atoms with E-state index < -0.39 is 0 Å². The molecule has 3 rings (SSSR count). The van der Waals surface area contributed by atoms with E-state index in [1.807, 2.05) is 31.2 Å². The van der Waals surface area contributed by atoms with Crippen molar-refractivity contribution in [3.63, 3.8) is 0 Å². The maximum atomic E-state index is 11.8. The zero-order valence-electron chi connectivity index (χ0n) is 15.1. The van der Waals surface area contributed by atoms with Crippen LogP contribution in [0.3, 0.4) is 0 Å². The molecule has 138 valence electrons. The van der Waals surface area contributed by atoms with Gasteiger partial charge in [-0.05, 0) is 19.1 Å². The molecule has 0 unspecified atom stereocenters. The quantitative estimate of drug-likeness (QED) is 0.758. The maximum Gasteiger partial charge on any atom is 0.247 e. The highest BCUT2D eigenvalue weighted by molar-refractivity contribution is 5.78. The summed E-state index contributed by atoms with van der Waals surface area (Å²) in [5.74, 6) is 1.22. The summed E-state index contributed by atoms with van der Waals surface area (Å²) in [6, 6.07) is 8.04. The second kappa shape index (κ2) is 8.73. The molecule has 2 aromatic rings. The molecule has 1 aliphatic heterocycles. The van der Waals surface area contributed by atoms with Crippen LogP contribution >= 0.6 is 0 Å². The summed E-state index contributed by atoms with van der Waals surface area (Å²) in [7, 11) is 0. The number of carbonyl (C=O) groups is 1. The molecule has 2 heterocycles. The number of hydrogen-bond donors (Lipinski definition) is 1. The fourth-order valence-corrected chi connectivity index (χ4v) is 2.87. The lowest BCUT2D eigenvalue weighted by Gasteiger charge is -2.33. The number of aryl methyl sites for hydroxylation is 1. The Hall–Kier alpha value is -2.51. The first-order chi connectivity index (χ1) is 12.6. The summed E-state index contributed by atoms with van der Waals surface area (Å²) < 4.78 is 5.80. The summed E-state index contributed by atoms with van der Waals surface area (Å²) in [5, 5.41) is 11.1. The number of nitrogens with zero attached hydrogens (tertiary/aromatic N) is 4. The molecule has 0 aliphatic carbocycles. The van der Waals surface area contributed by atoms with Crippen LogP contribution in [-0.4, -0.2) is 65.2 Å². The van der Waals surface area contributed by atoms with Gasteiger partial charge in [-0.2, -0.15) is 0 Å². The Morgan fingerprint density at radius 3 is 2.58 bits per heavy atom. The molecule has 1 N–H and O–H groups in total. The van der Waals surface area contributed by atoms with Crippen LogP contribution < -0.4 is 5.32 Å². The van der Waals surface area contributed by atoms with Crippen LogP contribution in [0, 0.1) is 6.92 Å². The number of aromatic nitrogens is 2. The minimum Gasteiger partial charge on any atom is -0.419 e. The Morgan fingerprint density at radius 1 is 1.19 bits per heavy atom. The van der Waals surface area contributed by atoms with Gasteiger partial charge in [-0.15, -0.1) is 16.8 Å². The van der Waals surface area contributed by atoms with Crippen molar-refractivity contribution in [3.05, 3.63) is 48.4 Å². The maximum absolute atomic E-state index is 11.8. The average Bonchev–Trinajstić information content (AvgIpc) is 3.11. The van der Waals surface area contributed by atoms with Gasteiger partial charge in [-0.25, -0.2) is 0 Å². The van der Waals surface area contributed by atoms with Crippen molar-refractivity contribution in [2.24, 2.45) is 0 Å². The van der Waals surface area contributed by atoms with Crippen molar-refractivity contribution in [2.45, 2.75) is 13.5 Å². The highest BCUT2D eigenvalue weighted by Gasteiger charge is 2.20. The number of carbonyl (C=O) groups excluding carboxylic acids is 1. The predicted octanol–water partition coefficient (Wildman–Crippen LogP) is 1.46. The monoisotopic (exact) mass is 355 g/mol. The number of amides is 1. The van der Waals surface area contributed by atoms with Crippen molar-refractivity contribution in [1.82, 2.24) is 25.3 Å². The van der Waals surface area contributed by atoms with Crippen molar-refractivity contribution in [3.8, 4) is 11.5 Å². The normalized spacial score (nSPS) is 15.7. The minimum absolute atomic E-state index is 0.0398. The van der Waals surface area contributed by atoms with Crippen molar-refractivity contribution < 1.29 is 9.21 Å². The Labute approximate surface area is 153 Å². The molecular weight excluding hydrogens is 330 g/mol. The van der Waals surface area contributed by atoms with E-state index in [-0.39, 0.29) is 5.91 Å². The third kappa shape index (κ3) is 5.00. The standard InChI is InChI=1S/C19H25N5O2/c1-3-8-20-17(25)13-23-9-11-24(12-10-23)14-18-21-22-19(26-18)16-6-4-15(2)5-7-16/h3-7H,1,8-14H2,2H3,(H,20,25). The van der Waals surface area contributed by atoms with Crippen LogP contribution in [0.15, 0.2) is 41.3 Å². The van der Waals surface area contributed by atoms with E-state index in [0.29, 0.717) is 31.4 Å². The summed E-state index contributed by atoms with van der Waals surface area (Å²) in [6.45, 7) is 10.7. The van der Waals surface area contributed by atoms with Gasteiger partial charge < -0.3 is 9.73 Å². The lowest BCUT2D eigenvalue weighted by atomic mass is 10.1. The molecule has 1 amide bonds. The number of piperazine rings is 1. The Kier molecular flexibility index (Phi) is 6.14. The van der Waals surface area contributed by atoms with E-state index in [0.717, 1.165) is 31.7 Å². The van der Waals surface area contributed by atoms with Crippen LogP contribution in [0.5, 0.6) is 0 Å². The van der Waals surface area contributed by atoms with Crippen molar-refractivity contribution in [1.29, 1.82) is 0 Å². The highest BCUT2D eigenvalue weighted by atomic mass is 16.4. The van der Waals surface area contributed by atoms with Gasteiger partial charge in [0.15, 0.2) is 0 Å². The molecule has 7 heteroatoms. The van der Waals surface area contributed by atoms with E-state index in [1.54, 1.807) is 6.08 Å². The molecule has 1 aliphatic rings. The summed E-state index contributed by atoms with van der Waals surface area (Å²) >= 11 is 0. The van der Waals surface area contributed by atoms with Crippen LogP contribution in [0.2, 0.25) is 0 Å². The van der Waals surface area contributed by atoms with Crippen LogP contribution in [-0.2, 0) is 11.3 Å². The molecule has 1 aromatic heterocycles. The largest absolute Gasteiger partial charge is 0.419 e. The third-order valence-corrected chi connectivity index (χ3v) is 4.40. The summed E-state index contributed by atoms with van der Waals surface area (Å²) in [4.78, 5) is 16.2. The van der Waals surface area contributed by atoms with Gasteiger partial charge >= 0.3 is 0 Å². The molecule has 0 saturated carbocycles. The summed E-state index contributed by atoms with van der Waals surface area (Å²) in [5.41, 5.74) is 2.13. The first-order valence-electron chi connectivity index (χ1n) is 8.86.